The fourth-order valence-electron chi connectivity index (χ4n) is 6.11. The number of hydrogen-bond acceptors (Lipinski definition) is 3. The smallest absolute Gasteiger partial charge is 0.164 e. The molecule has 198 valence electrons. The van der Waals surface area contributed by atoms with Gasteiger partial charge in [-0.25, -0.2) is 15.0 Å². The van der Waals surface area contributed by atoms with Crippen molar-refractivity contribution in [3.05, 3.63) is 145 Å². The van der Waals surface area contributed by atoms with Crippen LogP contribution in [0.25, 0.3) is 72.9 Å². The molecule has 0 radical (unpaired) electrons. The molecule has 0 unspecified atom stereocenters. The van der Waals surface area contributed by atoms with Gasteiger partial charge in [-0.1, -0.05) is 140 Å². The van der Waals surface area contributed by atoms with Crippen molar-refractivity contribution in [2.45, 2.75) is 12.8 Å². The minimum Gasteiger partial charge on any atom is -0.208 e. The summed E-state index contributed by atoms with van der Waals surface area (Å²) in [5.74, 6) is 2.01. The van der Waals surface area contributed by atoms with Gasteiger partial charge in [0.2, 0.25) is 0 Å². The summed E-state index contributed by atoms with van der Waals surface area (Å²) in [6, 6.07) is 44.6. The van der Waals surface area contributed by atoms with E-state index in [1.165, 1.54) is 22.3 Å². The molecular formula is C39H27N3. The second-order valence-corrected chi connectivity index (χ2v) is 10.8. The molecule has 0 atom stereocenters. The predicted octanol–water partition coefficient (Wildman–Crippen LogP) is 9.81. The minimum absolute atomic E-state index is 0.664. The third kappa shape index (κ3) is 4.27. The van der Waals surface area contributed by atoms with Crippen LogP contribution < -0.4 is 0 Å². The Morgan fingerprint density at radius 3 is 1.62 bits per heavy atom. The van der Waals surface area contributed by atoms with Crippen molar-refractivity contribution in [2.75, 3.05) is 0 Å². The lowest BCUT2D eigenvalue weighted by molar-refractivity contribution is 0.986. The van der Waals surface area contributed by atoms with Crippen LogP contribution in [-0.2, 0) is 6.42 Å². The van der Waals surface area contributed by atoms with E-state index in [4.69, 9.17) is 15.0 Å². The standard InChI is InChI=1S/C39H27N3/c1-4-16-31-26(10-1)13-7-19-32(31)29-22-24-30(25-23-29)37-40-38(35-20-8-14-27-11-2-5-17-33(27)35)42-39(41-37)36-21-9-15-28-12-3-6-18-34(28)36/h2-9,11-25H,1,10H2. The molecule has 0 saturated carbocycles. The van der Waals surface area contributed by atoms with Crippen LogP contribution in [0.1, 0.15) is 17.5 Å². The zero-order valence-corrected chi connectivity index (χ0v) is 23.0. The molecule has 0 aliphatic heterocycles. The largest absolute Gasteiger partial charge is 0.208 e. The van der Waals surface area contributed by atoms with Crippen LogP contribution in [-0.4, -0.2) is 15.0 Å². The molecule has 0 N–H and O–H groups in total. The van der Waals surface area contributed by atoms with Crippen molar-refractivity contribution in [3.8, 4) is 45.3 Å². The Balaban J connectivity index is 1.30. The monoisotopic (exact) mass is 537 g/mol. The highest BCUT2D eigenvalue weighted by atomic mass is 15.0. The average Bonchev–Trinajstić information content (AvgIpc) is 3.07. The molecule has 0 fully saturated rings. The number of nitrogens with zero attached hydrogens (tertiary/aromatic N) is 3. The first-order valence-electron chi connectivity index (χ1n) is 14.4. The normalized spacial score (nSPS) is 12.5. The third-order valence-electron chi connectivity index (χ3n) is 8.21. The van der Waals surface area contributed by atoms with Gasteiger partial charge < -0.3 is 0 Å². The van der Waals surface area contributed by atoms with E-state index >= 15 is 0 Å². The van der Waals surface area contributed by atoms with E-state index < -0.39 is 0 Å². The Kier molecular flexibility index (Phi) is 5.93. The zero-order chi connectivity index (χ0) is 27.9. The maximum atomic E-state index is 5.08. The van der Waals surface area contributed by atoms with Gasteiger partial charge in [-0.2, -0.15) is 0 Å². The van der Waals surface area contributed by atoms with Crippen LogP contribution >= 0.6 is 0 Å². The van der Waals surface area contributed by atoms with E-state index in [-0.39, 0.29) is 0 Å². The summed E-state index contributed by atoms with van der Waals surface area (Å²) in [6.07, 6.45) is 6.74. The van der Waals surface area contributed by atoms with Gasteiger partial charge in [-0.3, -0.25) is 0 Å². The summed E-state index contributed by atoms with van der Waals surface area (Å²) in [5, 5.41) is 4.57. The minimum atomic E-state index is 0.664. The lowest BCUT2D eigenvalue weighted by Gasteiger charge is -2.15. The zero-order valence-electron chi connectivity index (χ0n) is 23.0. The molecule has 7 aromatic rings. The van der Waals surface area contributed by atoms with Crippen LogP contribution in [0.15, 0.2) is 133 Å². The highest BCUT2D eigenvalue weighted by Crippen LogP contribution is 2.34. The molecule has 1 aromatic heterocycles. The van der Waals surface area contributed by atoms with Crippen molar-refractivity contribution in [1.82, 2.24) is 15.0 Å². The quantitative estimate of drug-likeness (QED) is 0.224. The van der Waals surface area contributed by atoms with Gasteiger partial charge in [0.15, 0.2) is 17.5 Å². The SMILES string of the molecule is C1=Cc2c(cccc2-c2ccc(-c3nc(-c4cccc5ccccc45)nc(-c4cccc5ccccc45)n3)cc2)CC1. The van der Waals surface area contributed by atoms with Crippen LogP contribution in [0.4, 0.5) is 0 Å². The molecule has 42 heavy (non-hydrogen) atoms. The molecule has 0 spiro atoms. The summed E-state index contributed by atoms with van der Waals surface area (Å²) in [7, 11) is 0. The second kappa shape index (κ2) is 10.2. The van der Waals surface area contributed by atoms with E-state index in [0.29, 0.717) is 17.5 Å². The molecule has 1 aliphatic rings. The van der Waals surface area contributed by atoms with Crippen molar-refractivity contribution >= 4 is 27.6 Å². The highest BCUT2D eigenvalue weighted by molar-refractivity contribution is 5.97. The van der Waals surface area contributed by atoms with E-state index in [1.54, 1.807) is 0 Å². The van der Waals surface area contributed by atoms with Crippen molar-refractivity contribution < 1.29 is 0 Å². The van der Waals surface area contributed by atoms with Crippen molar-refractivity contribution in [1.29, 1.82) is 0 Å². The molecule has 6 aromatic carbocycles. The maximum Gasteiger partial charge on any atom is 0.164 e. The average molecular weight is 538 g/mol. The summed E-state index contributed by atoms with van der Waals surface area (Å²) in [5.41, 5.74) is 8.15. The van der Waals surface area contributed by atoms with E-state index in [1.807, 2.05) is 0 Å². The second-order valence-electron chi connectivity index (χ2n) is 10.8. The summed E-state index contributed by atoms with van der Waals surface area (Å²) in [4.78, 5) is 15.2. The predicted molar refractivity (Wildman–Crippen MR) is 174 cm³/mol. The molecule has 1 aliphatic carbocycles. The Morgan fingerprint density at radius 1 is 0.429 bits per heavy atom. The Bertz CT molecular complexity index is 2030. The number of aryl methyl sites for hydroxylation is 1. The number of hydrogen-bond donors (Lipinski definition) is 0. The Morgan fingerprint density at radius 2 is 0.952 bits per heavy atom. The molecule has 3 heteroatoms. The van der Waals surface area contributed by atoms with E-state index in [9.17, 15) is 0 Å². The number of aromatic nitrogens is 3. The topological polar surface area (TPSA) is 38.7 Å². The molecule has 1 heterocycles. The van der Waals surface area contributed by atoms with Crippen molar-refractivity contribution in [3.63, 3.8) is 0 Å². The van der Waals surface area contributed by atoms with Gasteiger partial charge in [0.05, 0.1) is 0 Å². The van der Waals surface area contributed by atoms with Crippen LogP contribution in [0.5, 0.6) is 0 Å². The Hall–Kier alpha value is -5.41. The summed E-state index contributed by atoms with van der Waals surface area (Å²) >= 11 is 0. The first-order valence-corrected chi connectivity index (χ1v) is 14.4. The van der Waals surface area contributed by atoms with Gasteiger partial charge >= 0.3 is 0 Å². The number of benzene rings is 6. The fraction of sp³-hybridized carbons (Fsp3) is 0.0513. The third-order valence-corrected chi connectivity index (χ3v) is 8.21. The van der Waals surface area contributed by atoms with E-state index in [0.717, 1.165) is 51.1 Å². The lowest BCUT2D eigenvalue weighted by Crippen LogP contribution is -2.01. The maximum absolute atomic E-state index is 5.08. The number of rotatable bonds is 4. The Labute approximate surface area is 244 Å². The molecule has 0 amide bonds. The summed E-state index contributed by atoms with van der Waals surface area (Å²) < 4.78 is 0. The molecule has 0 saturated heterocycles. The number of allylic oxidation sites excluding steroid dienone is 1. The lowest BCUT2D eigenvalue weighted by atomic mass is 9.90. The van der Waals surface area contributed by atoms with Crippen LogP contribution in [0.2, 0.25) is 0 Å². The van der Waals surface area contributed by atoms with Crippen molar-refractivity contribution in [2.24, 2.45) is 0 Å². The number of fused-ring (bicyclic) bond motifs is 3. The first kappa shape index (κ1) is 24.4. The van der Waals surface area contributed by atoms with Gasteiger partial charge in [0, 0.05) is 16.7 Å². The first-order chi connectivity index (χ1) is 20.8. The highest BCUT2D eigenvalue weighted by Gasteiger charge is 2.16. The van der Waals surface area contributed by atoms with Gasteiger partial charge in [-0.05, 0) is 56.6 Å². The summed E-state index contributed by atoms with van der Waals surface area (Å²) in [6.45, 7) is 0. The molecule has 3 nitrogen and oxygen atoms in total. The van der Waals surface area contributed by atoms with Gasteiger partial charge in [0.25, 0.3) is 0 Å². The fourth-order valence-corrected chi connectivity index (χ4v) is 6.11. The van der Waals surface area contributed by atoms with Gasteiger partial charge in [-0.15, -0.1) is 0 Å². The molecular weight excluding hydrogens is 510 g/mol. The van der Waals surface area contributed by atoms with Crippen LogP contribution in [0, 0.1) is 0 Å². The van der Waals surface area contributed by atoms with E-state index in [2.05, 4.69) is 140 Å². The molecule has 8 rings (SSSR count). The van der Waals surface area contributed by atoms with Gasteiger partial charge in [0.1, 0.15) is 0 Å². The van der Waals surface area contributed by atoms with Crippen LogP contribution in [0.3, 0.4) is 0 Å². The molecule has 0 bridgehead atoms.